The highest BCUT2D eigenvalue weighted by Gasteiger charge is 2.40. The van der Waals surface area contributed by atoms with Gasteiger partial charge in [0.2, 0.25) is 5.91 Å². The zero-order chi connectivity index (χ0) is 17.4. The molecule has 0 bridgehead atoms. The summed E-state index contributed by atoms with van der Waals surface area (Å²) < 4.78 is 11.8. The van der Waals surface area contributed by atoms with Crippen molar-refractivity contribution in [3.63, 3.8) is 0 Å². The lowest BCUT2D eigenvalue weighted by Gasteiger charge is -2.34. The van der Waals surface area contributed by atoms with E-state index < -0.39 is 0 Å². The highest BCUT2D eigenvalue weighted by molar-refractivity contribution is 5.82. The van der Waals surface area contributed by atoms with E-state index in [9.17, 15) is 4.79 Å². The predicted molar refractivity (Wildman–Crippen MR) is 94.4 cm³/mol. The number of ether oxygens (including phenoxy) is 2. The number of nitrogens with zero attached hydrogens (tertiary/aromatic N) is 1. The molecule has 136 valence electrons. The maximum absolute atomic E-state index is 13.0. The van der Waals surface area contributed by atoms with E-state index in [1.165, 1.54) is 12.8 Å². The van der Waals surface area contributed by atoms with E-state index >= 15 is 0 Å². The van der Waals surface area contributed by atoms with Gasteiger partial charge in [-0.2, -0.15) is 0 Å². The van der Waals surface area contributed by atoms with Crippen molar-refractivity contribution in [3.05, 3.63) is 24.3 Å². The molecule has 25 heavy (non-hydrogen) atoms. The van der Waals surface area contributed by atoms with Crippen LogP contribution in [-0.2, 0) is 4.79 Å². The van der Waals surface area contributed by atoms with Crippen molar-refractivity contribution in [2.75, 3.05) is 13.2 Å². The maximum Gasteiger partial charge on any atom is 0.241 e. The Kier molecular flexibility index (Phi) is 4.56. The Bertz CT molecular complexity index is 632. The quantitative estimate of drug-likeness (QED) is 0.851. The minimum atomic E-state index is -0.148. The van der Waals surface area contributed by atoms with Crippen LogP contribution in [0.15, 0.2) is 24.3 Å². The van der Waals surface area contributed by atoms with Crippen LogP contribution in [0.3, 0.4) is 0 Å². The molecule has 0 aromatic heterocycles. The van der Waals surface area contributed by atoms with E-state index in [1.807, 2.05) is 29.2 Å². The van der Waals surface area contributed by atoms with E-state index in [1.54, 1.807) is 0 Å². The van der Waals surface area contributed by atoms with E-state index in [-0.39, 0.29) is 24.1 Å². The summed E-state index contributed by atoms with van der Waals surface area (Å²) in [6.07, 6.45) is 3.29. The van der Waals surface area contributed by atoms with Gasteiger partial charge in [0.1, 0.15) is 12.6 Å². The summed E-state index contributed by atoms with van der Waals surface area (Å²) in [7, 11) is 0. The summed E-state index contributed by atoms with van der Waals surface area (Å²) in [5, 5.41) is 0. The van der Waals surface area contributed by atoms with Crippen LogP contribution in [0.1, 0.15) is 33.1 Å². The molecule has 6 nitrogen and oxygen atoms in total. The number of fused-ring (bicyclic) bond motifs is 1. The Morgan fingerprint density at radius 3 is 2.72 bits per heavy atom. The van der Waals surface area contributed by atoms with Crippen molar-refractivity contribution in [3.8, 4) is 11.5 Å². The second-order valence-corrected chi connectivity index (χ2v) is 7.60. The first-order valence-electron chi connectivity index (χ1n) is 9.32. The topological polar surface area (TPSA) is 62.8 Å². The number of nitrogens with one attached hydrogen (secondary N) is 2. The lowest BCUT2D eigenvalue weighted by molar-refractivity contribution is -0.136. The molecule has 2 N–H and O–H groups in total. The normalized spacial score (nSPS) is 28.2. The Morgan fingerprint density at radius 2 is 2.00 bits per heavy atom. The third-order valence-corrected chi connectivity index (χ3v) is 5.30. The number of hydrogen-bond acceptors (Lipinski definition) is 5. The molecule has 2 heterocycles. The van der Waals surface area contributed by atoms with E-state index in [4.69, 9.17) is 9.47 Å². The van der Waals surface area contributed by atoms with Crippen LogP contribution in [0.2, 0.25) is 0 Å². The largest absolute Gasteiger partial charge is 0.486 e. The Balaban J connectivity index is 1.39. The molecule has 3 aliphatic rings. The molecule has 4 rings (SSSR count). The number of benzene rings is 1. The number of carbonyl (C=O) groups excluding carboxylic acids is 1. The summed E-state index contributed by atoms with van der Waals surface area (Å²) in [4.78, 5) is 14.9. The third kappa shape index (κ3) is 3.60. The summed E-state index contributed by atoms with van der Waals surface area (Å²) in [6.45, 7) is 5.11. The summed E-state index contributed by atoms with van der Waals surface area (Å²) >= 11 is 0. The van der Waals surface area contributed by atoms with Gasteiger partial charge >= 0.3 is 0 Å². The van der Waals surface area contributed by atoms with Crippen LogP contribution in [-0.4, -0.2) is 48.2 Å². The zero-order valence-corrected chi connectivity index (χ0v) is 14.9. The smallest absolute Gasteiger partial charge is 0.241 e. The fourth-order valence-electron chi connectivity index (χ4n) is 3.68. The molecule has 6 heteroatoms. The number of hydrogen-bond donors (Lipinski definition) is 2. The first-order chi connectivity index (χ1) is 12.1. The lowest BCUT2D eigenvalue weighted by atomic mass is 10.0. The first-order valence-corrected chi connectivity index (χ1v) is 9.32. The second-order valence-electron chi connectivity index (χ2n) is 7.60. The van der Waals surface area contributed by atoms with Gasteiger partial charge in [-0.25, -0.2) is 5.43 Å². The number of para-hydroxylation sites is 2. The van der Waals surface area contributed by atoms with Crippen LogP contribution in [0, 0.1) is 5.92 Å². The van der Waals surface area contributed by atoms with Crippen molar-refractivity contribution in [2.45, 2.75) is 57.3 Å². The summed E-state index contributed by atoms with van der Waals surface area (Å²) in [6, 6.07) is 8.09. The molecule has 3 atom stereocenters. The number of hydrazine groups is 1. The van der Waals surface area contributed by atoms with Gasteiger partial charge in [0, 0.05) is 12.1 Å². The first kappa shape index (κ1) is 16.7. The molecule has 2 fully saturated rings. The van der Waals surface area contributed by atoms with Crippen LogP contribution >= 0.6 is 0 Å². The van der Waals surface area contributed by atoms with Crippen molar-refractivity contribution < 1.29 is 14.3 Å². The van der Waals surface area contributed by atoms with Crippen LogP contribution in [0.25, 0.3) is 0 Å². The molecule has 1 saturated carbocycles. The monoisotopic (exact) mass is 345 g/mol. The molecule has 2 aliphatic heterocycles. The second kappa shape index (κ2) is 6.84. The van der Waals surface area contributed by atoms with Crippen LogP contribution in [0.5, 0.6) is 11.5 Å². The molecule has 3 unspecified atom stereocenters. The van der Waals surface area contributed by atoms with Gasteiger partial charge in [-0.15, -0.1) is 0 Å². The van der Waals surface area contributed by atoms with E-state index in [2.05, 4.69) is 24.7 Å². The average Bonchev–Trinajstić information content (AvgIpc) is 3.35. The summed E-state index contributed by atoms with van der Waals surface area (Å²) in [5.74, 6) is 2.41. The average molecular weight is 345 g/mol. The van der Waals surface area contributed by atoms with Gasteiger partial charge in [0.25, 0.3) is 0 Å². The lowest BCUT2D eigenvalue weighted by Crippen LogP contribution is -2.52. The van der Waals surface area contributed by atoms with Crippen LogP contribution in [0.4, 0.5) is 0 Å². The number of carbonyl (C=O) groups is 1. The molecule has 1 aliphatic carbocycles. The fourth-order valence-corrected chi connectivity index (χ4v) is 3.68. The third-order valence-electron chi connectivity index (χ3n) is 5.30. The standard InChI is InChI=1S/C19H27N3O3/c1-12(2)22(19(23)16-9-15(20-21-16)13-7-8-13)10-14-11-24-17-5-3-4-6-18(17)25-14/h3-6,12-16,20-21H,7-11H2,1-2H3. The highest BCUT2D eigenvalue weighted by atomic mass is 16.6. The van der Waals surface area contributed by atoms with Gasteiger partial charge < -0.3 is 14.4 Å². The van der Waals surface area contributed by atoms with Gasteiger partial charge in [-0.3, -0.25) is 10.2 Å². The van der Waals surface area contributed by atoms with E-state index in [0.29, 0.717) is 19.2 Å². The van der Waals surface area contributed by atoms with Crippen molar-refractivity contribution in [2.24, 2.45) is 5.92 Å². The van der Waals surface area contributed by atoms with Gasteiger partial charge in [0.05, 0.1) is 6.54 Å². The van der Waals surface area contributed by atoms with Gasteiger partial charge in [-0.1, -0.05) is 12.1 Å². The molecule has 1 amide bonds. The summed E-state index contributed by atoms with van der Waals surface area (Å²) in [5.41, 5.74) is 6.51. The highest BCUT2D eigenvalue weighted by Crippen LogP contribution is 2.36. The Morgan fingerprint density at radius 1 is 1.24 bits per heavy atom. The molecular formula is C19H27N3O3. The number of rotatable bonds is 5. The fraction of sp³-hybridized carbons (Fsp3) is 0.632. The van der Waals surface area contributed by atoms with Crippen molar-refractivity contribution in [1.82, 2.24) is 15.8 Å². The molecule has 1 saturated heterocycles. The van der Waals surface area contributed by atoms with Crippen molar-refractivity contribution in [1.29, 1.82) is 0 Å². The molecule has 1 aromatic rings. The Hall–Kier alpha value is -1.79. The van der Waals surface area contributed by atoms with Crippen LogP contribution < -0.4 is 20.3 Å². The number of amides is 1. The minimum absolute atomic E-state index is 0.120. The zero-order valence-electron chi connectivity index (χ0n) is 14.9. The molecule has 0 spiro atoms. The molecule has 1 aromatic carbocycles. The van der Waals surface area contributed by atoms with Gasteiger partial charge in [-0.05, 0) is 51.2 Å². The molecular weight excluding hydrogens is 318 g/mol. The van der Waals surface area contributed by atoms with Gasteiger partial charge in [0.15, 0.2) is 17.6 Å². The Labute approximate surface area is 148 Å². The maximum atomic E-state index is 13.0. The van der Waals surface area contributed by atoms with Crippen molar-refractivity contribution >= 4 is 5.91 Å². The molecule has 0 radical (unpaired) electrons. The van der Waals surface area contributed by atoms with E-state index in [0.717, 1.165) is 23.8 Å². The predicted octanol–water partition coefficient (Wildman–Crippen LogP) is 1.71. The minimum Gasteiger partial charge on any atom is -0.486 e. The SMILES string of the molecule is CC(C)N(CC1COc2ccccc2O1)C(=O)C1CC(C2CC2)NN1.